The average Bonchev–Trinajstić information content (AvgIpc) is 3.14. The highest BCUT2D eigenvalue weighted by atomic mass is 32.2. The van der Waals surface area contributed by atoms with Crippen molar-refractivity contribution in [3.63, 3.8) is 0 Å². The molecule has 28 heavy (non-hydrogen) atoms. The first-order valence-corrected chi connectivity index (χ1v) is 9.91. The number of hydrogen-bond acceptors (Lipinski definition) is 6. The number of Topliss-reactive ketones (excluding diaryl/α,β-unsaturated/α-hetero) is 1. The number of benzene rings is 2. The molecule has 0 saturated carbocycles. The Morgan fingerprint density at radius 2 is 1.89 bits per heavy atom. The minimum Gasteiger partial charge on any atom is -0.416 e. The largest absolute Gasteiger partial charge is 0.416 e. The highest BCUT2D eigenvalue weighted by molar-refractivity contribution is 7.99. The standard InChI is InChI=1S/C21H21N3O3S/c1-14(16-7-4-3-5-8-16)11-20-23-24-21(27-20)28-13-19(26)22-18-10-6-9-17(12-18)15(2)25/h3-10,12,14H,11,13H2,1-2H3,(H,22,26). The molecule has 1 heterocycles. The second-order valence-corrected chi connectivity index (χ2v) is 7.38. The Kier molecular flexibility index (Phi) is 6.60. The second-order valence-electron chi connectivity index (χ2n) is 6.45. The monoisotopic (exact) mass is 395 g/mol. The van der Waals surface area contributed by atoms with E-state index in [1.165, 1.54) is 24.2 Å². The fourth-order valence-corrected chi connectivity index (χ4v) is 3.26. The maximum Gasteiger partial charge on any atom is 0.277 e. The van der Waals surface area contributed by atoms with Gasteiger partial charge >= 0.3 is 0 Å². The zero-order valence-corrected chi connectivity index (χ0v) is 16.5. The lowest BCUT2D eigenvalue weighted by Crippen LogP contribution is -2.14. The fourth-order valence-electron chi connectivity index (χ4n) is 2.68. The number of ketones is 1. The molecular formula is C21H21N3O3S. The van der Waals surface area contributed by atoms with Crippen LogP contribution in [0.15, 0.2) is 64.2 Å². The highest BCUT2D eigenvalue weighted by Gasteiger charge is 2.14. The molecule has 7 heteroatoms. The van der Waals surface area contributed by atoms with Crippen LogP contribution in [0.2, 0.25) is 0 Å². The normalized spacial score (nSPS) is 11.8. The Morgan fingerprint density at radius 1 is 1.11 bits per heavy atom. The van der Waals surface area contributed by atoms with E-state index in [-0.39, 0.29) is 23.4 Å². The van der Waals surface area contributed by atoms with Crippen molar-refractivity contribution in [2.45, 2.75) is 31.4 Å². The molecule has 0 aliphatic rings. The second kappa shape index (κ2) is 9.32. The summed E-state index contributed by atoms with van der Waals surface area (Å²) in [6.45, 7) is 3.59. The van der Waals surface area contributed by atoms with E-state index in [2.05, 4.69) is 34.6 Å². The third-order valence-corrected chi connectivity index (χ3v) is 5.00. The Morgan fingerprint density at radius 3 is 2.64 bits per heavy atom. The van der Waals surface area contributed by atoms with Crippen molar-refractivity contribution in [3.05, 3.63) is 71.6 Å². The van der Waals surface area contributed by atoms with Crippen molar-refractivity contribution in [1.82, 2.24) is 10.2 Å². The van der Waals surface area contributed by atoms with Gasteiger partial charge in [0.15, 0.2) is 5.78 Å². The molecule has 0 aliphatic carbocycles. The number of rotatable bonds is 8. The van der Waals surface area contributed by atoms with E-state index in [9.17, 15) is 9.59 Å². The molecule has 3 rings (SSSR count). The van der Waals surface area contributed by atoms with E-state index in [1.807, 2.05) is 18.2 Å². The molecule has 1 atom stereocenters. The maximum absolute atomic E-state index is 12.1. The number of hydrogen-bond donors (Lipinski definition) is 1. The van der Waals surface area contributed by atoms with Crippen molar-refractivity contribution in [3.8, 4) is 0 Å². The summed E-state index contributed by atoms with van der Waals surface area (Å²) in [5.74, 6) is 0.696. The van der Waals surface area contributed by atoms with E-state index in [0.29, 0.717) is 28.8 Å². The SMILES string of the molecule is CC(=O)c1cccc(NC(=O)CSc2nnc(CC(C)c3ccccc3)o2)c1. The van der Waals surface area contributed by atoms with Gasteiger partial charge in [-0.2, -0.15) is 0 Å². The summed E-state index contributed by atoms with van der Waals surface area (Å²) >= 11 is 1.18. The lowest BCUT2D eigenvalue weighted by atomic mass is 9.98. The van der Waals surface area contributed by atoms with Crippen LogP contribution in [0.3, 0.4) is 0 Å². The van der Waals surface area contributed by atoms with Crippen LogP contribution in [0, 0.1) is 0 Å². The van der Waals surface area contributed by atoms with Crippen molar-refractivity contribution in [2.75, 3.05) is 11.1 Å². The first-order chi connectivity index (χ1) is 13.5. The van der Waals surface area contributed by atoms with Gasteiger partial charge in [0.2, 0.25) is 11.8 Å². The number of amides is 1. The van der Waals surface area contributed by atoms with E-state index in [1.54, 1.807) is 24.3 Å². The van der Waals surface area contributed by atoms with E-state index >= 15 is 0 Å². The molecule has 0 radical (unpaired) electrons. The van der Waals surface area contributed by atoms with Crippen LogP contribution in [0.5, 0.6) is 0 Å². The third kappa shape index (κ3) is 5.53. The van der Waals surface area contributed by atoms with Crippen LogP contribution in [-0.4, -0.2) is 27.6 Å². The maximum atomic E-state index is 12.1. The number of aromatic nitrogens is 2. The van der Waals surface area contributed by atoms with Gasteiger partial charge in [0.05, 0.1) is 5.75 Å². The Balaban J connectivity index is 1.50. The molecule has 0 bridgehead atoms. The topological polar surface area (TPSA) is 85.1 Å². The van der Waals surface area contributed by atoms with Gasteiger partial charge in [-0.3, -0.25) is 9.59 Å². The van der Waals surface area contributed by atoms with Crippen LogP contribution in [0.1, 0.15) is 41.6 Å². The molecule has 6 nitrogen and oxygen atoms in total. The summed E-state index contributed by atoms with van der Waals surface area (Å²) in [6, 6.07) is 17.0. The number of nitrogens with zero attached hydrogens (tertiary/aromatic N) is 2. The Labute approximate surface area is 167 Å². The number of carbonyl (C=O) groups is 2. The molecule has 0 saturated heterocycles. The average molecular weight is 395 g/mol. The lowest BCUT2D eigenvalue weighted by molar-refractivity contribution is -0.113. The van der Waals surface area contributed by atoms with Gasteiger partial charge in [-0.15, -0.1) is 10.2 Å². The predicted octanol–water partition coefficient (Wildman–Crippen LogP) is 4.35. The van der Waals surface area contributed by atoms with Crippen LogP contribution in [0.4, 0.5) is 5.69 Å². The van der Waals surface area contributed by atoms with Gasteiger partial charge < -0.3 is 9.73 Å². The number of nitrogens with one attached hydrogen (secondary N) is 1. The predicted molar refractivity (Wildman–Crippen MR) is 109 cm³/mol. The zero-order chi connectivity index (χ0) is 19.9. The molecule has 2 aromatic carbocycles. The Bertz CT molecular complexity index is 956. The van der Waals surface area contributed by atoms with Crippen LogP contribution < -0.4 is 5.32 Å². The summed E-state index contributed by atoms with van der Waals surface area (Å²) < 4.78 is 5.64. The molecule has 1 unspecified atom stereocenters. The molecule has 0 fully saturated rings. The molecule has 1 amide bonds. The summed E-state index contributed by atoms with van der Waals surface area (Å²) in [5.41, 5.74) is 2.35. The number of carbonyl (C=O) groups excluding carboxylic acids is 2. The first kappa shape index (κ1) is 19.8. The molecular weight excluding hydrogens is 374 g/mol. The molecule has 0 aliphatic heterocycles. The minimum absolute atomic E-state index is 0.0476. The smallest absolute Gasteiger partial charge is 0.277 e. The van der Waals surface area contributed by atoms with Gasteiger partial charge in [0, 0.05) is 17.7 Å². The van der Waals surface area contributed by atoms with Gasteiger partial charge in [-0.05, 0) is 30.5 Å². The lowest BCUT2D eigenvalue weighted by Gasteiger charge is -2.08. The van der Waals surface area contributed by atoms with Crippen LogP contribution >= 0.6 is 11.8 Å². The van der Waals surface area contributed by atoms with E-state index in [0.717, 1.165) is 0 Å². The zero-order valence-electron chi connectivity index (χ0n) is 15.7. The van der Waals surface area contributed by atoms with Gasteiger partial charge in [0.1, 0.15) is 0 Å². The number of anilines is 1. The van der Waals surface area contributed by atoms with Gasteiger partial charge in [-0.25, -0.2) is 0 Å². The summed E-state index contributed by atoms with van der Waals surface area (Å²) in [4.78, 5) is 23.5. The van der Waals surface area contributed by atoms with Gasteiger partial charge in [-0.1, -0.05) is 61.2 Å². The quantitative estimate of drug-likeness (QED) is 0.451. The third-order valence-electron chi connectivity index (χ3n) is 4.18. The summed E-state index contributed by atoms with van der Waals surface area (Å²) in [7, 11) is 0. The van der Waals surface area contributed by atoms with E-state index in [4.69, 9.17) is 4.42 Å². The Hall–Kier alpha value is -2.93. The highest BCUT2D eigenvalue weighted by Crippen LogP contribution is 2.22. The van der Waals surface area contributed by atoms with Crippen LogP contribution in [0.25, 0.3) is 0 Å². The van der Waals surface area contributed by atoms with E-state index < -0.39 is 0 Å². The van der Waals surface area contributed by atoms with Gasteiger partial charge in [0.25, 0.3) is 5.22 Å². The summed E-state index contributed by atoms with van der Waals surface area (Å²) in [5, 5.41) is 11.2. The van der Waals surface area contributed by atoms with Crippen molar-refractivity contribution in [1.29, 1.82) is 0 Å². The molecule has 144 valence electrons. The fraction of sp³-hybridized carbons (Fsp3) is 0.238. The molecule has 1 aromatic heterocycles. The van der Waals surface area contributed by atoms with Crippen LogP contribution in [-0.2, 0) is 11.2 Å². The van der Waals surface area contributed by atoms with Crippen molar-refractivity contribution < 1.29 is 14.0 Å². The first-order valence-electron chi connectivity index (χ1n) is 8.92. The van der Waals surface area contributed by atoms with Crippen molar-refractivity contribution >= 4 is 29.1 Å². The van der Waals surface area contributed by atoms with Crippen molar-refractivity contribution in [2.24, 2.45) is 0 Å². The molecule has 3 aromatic rings. The molecule has 1 N–H and O–H groups in total. The number of thioether (sulfide) groups is 1. The minimum atomic E-state index is -0.205. The summed E-state index contributed by atoms with van der Waals surface area (Å²) in [6.07, 6.45) is 0.640. The molecule has 0 spiro atoms.